The van der Waals surface area contributed by atoms with E-state index in [1.165, 1.54) is 25.1 Å². The monoisotopic (exact) mass is 764 g/mol. The van der Waals surface area contributed by atoms with E-state index >= 15 is 0 Å². The van der Waals surface area contributed by atoms with E-state index in [4.69, 9.17) is 9.47 Å². The molecule has 4 aromatic rings. The summed E-state index contributed by atoms with van der Waals surface area (Å²) in [5.74, 6) is -3.89. The van der Waals surface area contributed by atoms with E-state index in [0.717, 1.165) is 38.5 Å². The minimum atomic E-state index is -6.02. The van der Waals surface area contributed by atoms with Crippen molar-refractivity contribution < 1.29 is 50.3 Å². The van der Waals surface area contributed by atoms with Crippen LogP contribution in [0.25, 0.3) is 25.1 Å². The van der Waals surface area contributed by atoms with Crippen molar-refractivity contribution >= 4 is 58.7 Å². The zero-order valence-electron chi connectivity index (χ0n) is 28.6. The molecule has 0 N–H and O–H groups in total. The van der Waals surface area contributed by atoms with Crippen LogP contribution in [-0.4, -0.2) is 54.9 Å². The van der Waals surface area contributed by atoms with Gasteiger partial charge in [0, 0.05) is 33.1 Å². The number of carbonyl (C=O) groups is 3. The molecule has 2 heterocycles. The third-order valence-electron chi connectivity index (χ3n) is 12.8. The van der Waals surface area contributed by atoms with Crippen LogP contribution in [0.4, 0.5) is 8.78 Å². The lowest BCUT2D eigenvalue weighted by molar-refractivity contribution is -0.188. The number of benzene rings is 3. The minimum Gasteiger partial charge on any atom is -0.743 e. The molecular weight excluding hydrogens is 727 g/mol. The van der Waals surface area contributed by atoms with Gasteiger partial charge in [0.1, 0.15) is 12.2 Å². The van der Waals surface area contributed by atoms with Crippen molar-refractivity contribution in [3.8, 4) is 4.90 Å². The minimum absolute atomic E-state index is 0.0594. The maximum absolute atomic E-state index is 13.5. The van der Waals surface area contributed by atoms with Gasteiger partial charge < -0.3 is 18.8 Å². The molecule has 6 bridgehead atoms. The Kier molecular flexibility index (Phi) is 8.25. The summed E-state index contributed by atoms with van der Waals surface area (Å²) in [6.07, 6.45) is 4.50. The molecule has 0 amide bonds. The van der Waals surface area contributed by atoms with E-state index in [1.54, 1.807) is 0 Å². The number of thiophene rings is 1. The summed E-state index contributed by atoms with van der Waals surface area (Å²) in [4.78, 5) is 40.0. The van der Waals surface area contributed by atoms with Crippen LogP contribution in [0.2, 0.25) is 0 Å². The van der Waals surface area contributed by atoms with Gasteiger partial charge >= 0.3 is 23.2 Å². The van der Waals surface area contributed by atoms with Crippen LogP contribution in [0.1, 0.15) is 44.9 Å². The quantitative estimate of drug-likeness (QED) is 0.0820. The second kappa shape index (κ2) is 12.6. The topological polar surface area (TPSA) is 136 Å². The number of fused-ring (bicyclic) bond motifs is 4. The third kappa shape index (κ3) is 5.67. The number of hydrogen-bond donors (Lipinski definition) is 0. The lowest BCUT2D eigenvalue weighted by Gasteiger charge is -2.55. The lowest BCUT2D eigenvalue weighted by atomic mass is 9.49. The second-order valence-corrected chi connectivity index (χ2v) is 19.4. The van der Waals surface area contributed by atoms with Crippen molar-refractivity contribution in [1.82, 2.24) is 0 Å². The molecule has 53 heavy (non-hydrogen) atoms. The zero-order valence-corrected chi connectivity index (χ0v) is 30.2. The average molecular weight is 765 g/mol. The number of hydrogen-bond acceptors (Lipinski definition) is 9. The molecule has 6 aliphatic carbocycles. The molecule has 0 spiro atoms. The van der Waals surface area contributed by atoms with E-state index in [9.17, 15) is 36.1 Å². The van der Waals surface area contributed by atoms with Gasteiger partial charge in [-0.3, -0.25) is 14.4 Å². The molecule has 7 fully saturated rings. The van der Waals surface area contributed by atoms with Crippen LogP contribution in [-0.2, 0) is 38.7 Å². The first kappa shape index (κ1) is 34.8. The smallest absolute Gasteiger partial charge is 0.367 e. The van der Waals surface area contributed by atoms with E-state index in [0.29, 0.717) is 24.2 Å². The first-order chi connectivity index (χ1) is 25.3. The summed E-state index contributed by atoms with van der Waals surface area (Å²) < 4.78 is 77.9. The molecule has 9 nitrogen and oxygen atoms in total. The van der Waals surface area contributed by atoms with Gasteiger partial charge in [-0.2, -0.15) is 8.78 Å². The Balaban J connectivity index is 0.000000165. The molecule has 1 aliphatic heterocycles. The Morgan fingerprint density at radius 3 is 1.94 bits per heavy atom. The van der Waals surface area contributed by atoms with Gasteiger partial charge in [0.15, 0.2) is 31.0 Å². The molecule has 11 rings (SSSR count). The van der Waals surface area contributed by atoms with E-state index in [1.807, 2.05) is 0 Å². The van der Waals surface area contributed by atoms with Crippen LogP contribution < -0.4 is 0 Å². The van der Waals surface area contributed by atoms with Crippen molar-refractivity contribution in [2.75, 3.05) is 6.61 Å². The van der Waals surface area contributed by atoms with Crippen LogP contribution >= 0.6 is 10.5 Å². The molecule has 13 heteroatoms. The summed E-state index contributed by atoms with van der Waals surface area (Å²) in [6, 6.07) is 28.4. The number of rotatable bonds is 7. The van der Waals surface area contributed by atoms with Gasteiger partial charge in [-0.1, -0.05) is 42.5 Å². The van der Waals surface area contributed by atoms with Crippen LogP contribution in [0.15, 0.2) is 78.9 Å². The van der Waals surface area contributed by atoms with E-state index in [-0.39, 0.29) is 16.4 Å². The van der Waals surface area contributed by atoms with Crippen molar-refractivity contribution in [3.63, 3.8) is 0 Å². The maximum Gasteiger partial charge on any atom is 0.367 e. The fourth-order valence-electron chi connectivity index (χ4n) is 11.1. The van der Waals surface area contributed by atoms with Crippen LogP contribution in [0, 0.1) is 46.8 Å². The molecule has 1 aromatic heterocycles. The average Bonchev–Trinajstić information content (AvgIpc) is 3.84. The van der Waals surface area contributed by atoms with Crippen molar-refractivity contribution in [3.05, 3.63) is 78.9 Å². The van der Waals surface area contributed by atoms with Crippen molar-refractivity contribution in [2.45, 2.75) is 62.4 Å². The Morgan fingerprint density at radius 1 is 0.830 bits per heavy atom. The van der Waals surface area contributed by atoms with Gasteiger partial charge in [-0.15, -0.1) is 0 Å². The number of carbonyl (C=O) groups excluding carboxylic acids is 3. The molecule has 7 aliphatic rings. The van der Waals surface area contributed by atoms with Crippen LogP contribution in [0.5, 0.6) is 0 Å². The second-order valence-electron chi connectivity index (χ2n) is 15.9. The molecule has 3 aromatic carbocycles. The lowest BCUT2D eigenvalue weighted by Crippen LogP contribution is -2.53. The summed E-state index contributed by atoms with van der Waals surface area (Å²) in [5.41, 5.74) is -0.556. The van der Waals surface area contributed by atoms with Gasteiger partial charge in [-0.05, 0) is 99.1 Å². The highest BCUT2D eigenvalue weighted by molar-refractivity contribution is 7.86. The standard InChI is InChI=1S/C22H26F2O9S.C18H13S/c23-22(24,34(28,29)30)8-31-18(25)14-12-4-13-15(14)19(26)32-16(13)17(12)33-20(27)21-5-9-1-10(6-21)3-11(2-9)7-21;1-2-8-14(9-3-1)19-17-12-6-4-10-15(17)16-11-5-7-13-18(16)19/h9-17H,1-8H2,(H,28,29,30);1-13H/q;+1/p-1. The predicted molar refractivity (Wildman–Crippen MR) is 190 cm³/mol. The van der Waals surface area contributed by atoms with Crippen molar-refractivity contribution in [2.24, 2.45) is 46.8 Å². The number of halogens is 2. The molecule has 6 saturated carbocycles. The van der Waals surface area contributed by atoms with Crippen LogP contribution in [0.3, 0.4) is 0 Å². The summed E-state index contributed by atoms with van der Waals surface area (Å²) in [7, 11) is -5.96. The van der Waals surface area contributed by atoms with Crippen molar-refractivity contribution in [1.29, 1.82) is 0 Å². The molecule has 6 unspecified atom stereocenters. The molecule has 278 valence electrons. The maximum atomic E-state index is 13.5. The van der Waals surface area contributed by atoms with Gasteiger partial charge in [0.05, 0.1) is 17.3 Å². The van der Waals surface area contributed by atoms with Gasteiger partial charge in [0.25, 0.3) is 0 Å². The summed E-state index contributed by atoms with van der Waals surface area (Å²) >= 11 is 0. The number of esters is 3. The van der Waals surface area contributed by atoms with E-state index in [2.05, 4.69) is 83.6 Å². The highest BCUT2D eigenvalue weighted by atomic mass is 32.2. The van der Waals surface area contributed by atoms with Gasteiger partial charge in [0.2, 0.25) is 0 Å². The number of ether oxygens (including phenoxy) is 3. The SMILES string of the molecule is O=C1OC2C3CC(C2OC(=O)C24CC5CC(CC(C5)C2)C4)C(C(=O)OCC(F)(F)S(=O)(=O)[O-])C13.c1ccc(-[s+]2c3ccccc3c3ccccc32)cc1. The number of alkyl halides is 2. The fraction of sp³-hybridized carbons (Fsp3) is 0.475. The summed E-state index contributed by atoms with van der Waals surface area (Å²) in [5, 5.41) is -2.00. The van der Waals surface area contributed by atoms with Gasteiger partial charge in [-0.25, -0.2) is 8.42 Å². The Hall–Kier alpha value is -3.94. The normalized spacial score (nSPS) is 33.5. The Bertz CT molecular complexity index is 2150. The summed E-state index contributed by atoms with van der Waals surface area (Å²) in [6.45, 7) is -1.94. The third-order valence-corrected chi connectivity index (χ3v) is 15.9. The highest BCUT2D eigenvalue weighted by Crippen LogP contribution is 2.63. The fourth-order valence-corrected chi connectivity index (χ4v) is 13.7. The molecular formula is C40H38F2O9S2. The zero-order chi connectivity index (χ0) is 36.9. The Morgan fingerprint density at radius 2 is 1.38 bits per heavy atom. The highest BCUT2D eigenvalue weighted by Gasteiger charge is 2.71. The van der Waals surface area contributed by atoms with E-state index < -0.39 is 75.2 Å². The first-order valence-electron chi connectivity index (χ1n) is 18.2. The predicted octanol–water partition coefficient (Wildman–Crippen LogP) is 7.33. The molecule has 0 radical (unpaired) electrons. The Labute approximate surface area is 307 Å². The largest absolute Gasteiger partial charge is 0.743 e. The first-order valence-corrected chi connectivity index (χ1v) is 20.9. The molecule has 6 atom stereocenters. The molecule has 1 saturated heterocycles.